The highest BCUT2D eigenvalue weighted by Crippen LogP contribution is 2.08. The summed E-state index contributed by atoms with van der Waals surface area (Å²) in [5.74, 6) is 26.7. The zero-order valence-corrected chi connectivity index (χ0v) is 22.1. The minimum absolute atomic E-state index is 0.463. The number of hydrogen-bond acceptors (Lipinski definition) is 3. The van der Waals surface area contributed by atoms with E-state index in [-0.39, 0.29) is 0 Å². The van der Waals surface area contributed by atoms with Crippen molar-refractivity contribution in [2.24, 2.45) is 0 Å². The summed E-state index contributed by atoms with van der Waals surface area (Å²) in [5, 5.41) is 0. The molecule has 2 heterocycles. The standard InChI is InChI=1S/C31H47N3/c1-31(2)34(29-21-11-7-3-5-9-15-23-32-25-17-13-18-26-32)30-22-12-8-4-6-10-16-24-33-27-19-14-20-28-33/h31H,3-8,13-14,17-20,23-30H2,1-2H3. The molecule has 3 nitrogen and oxygen atoms in total. The topological polar surface area (TPSA) is 9.72 Å². The second kappa shape index (κ2) is 19.4. The third-order valence-corrected chi connectivity index (χ3v) is 6.50. The van der Waals surface area contributed by atoms with E-state index in [1.165, 1.54) is 64.7 Å². The Morgan fingerprint density at radius 1 is 0.529 bits per heavy atom. The molecule has 0 aliphatic carbocycles. The number of rotatable bonds is 9. The molecule has 0 N–H and O–H groups in total. The SMILES string of the molecule is CC(C)N(CC#CCCCC#CCN1CCCCC1)CC#CCCCC#CCN1CCCCC1. The third-order valence-electron chi connectivity index (χ3n) is 6.50. The molecule has 2 rings (SSSR count). The zero-order valence-electron chi connectivity index (χ0n) is 22.1. The zero-order chi connectivity index (χ0) is 24.1. The van der Waals surface area contributed by atoms with Crippen LogP contribution in [0.3, 0.4) is 0 Å². The lowest BCUT2D eigenvalue weighted by molar-refractivity contribution is 0.255. The lowest BCUT2D eigenvalue weighted by atomic mass is 10.1. The highest BCUT2D eigenvalue weighted by Gasteiger charge is 2.08. The van der Waals surface area contributed by atoms with Crippen LogP contribution in [0.15, 0.2) is 0 Å². The molecule has 0 spiro atoms. The molecule has 0 bridgehead atoms. The lowest BCUT2D eigenvalue weighted by Crippen LogP contribution is -2.31. The Morgan fingerprint density at radius 3 is 1.29 bits per heavy atom. The predicted octanol–water partition coefficient (Wildman–Crippen LogP) is 5.02. The summed E-state index contributed by atoms with van der Waals surface area (Å²) >= 11 is 0. The fourth-order valence-corrected chi connectivity index (χ4v) is 4.19. The van der Waals surface area contributed by atoms with E-state index < -0.39 is 0 Å². The first-order valence-electron chi connectivity index (χ1n) is 13.8. The predicted molar refractivity (Wildman–Crippen MR) is 146 cm³/mol. The van der Waals surface area contributed by atoms with Crippen molar-refractivity contribution in [3.05, 3.63) is 0 Å². The molecule has 0 aromatic rings. The number of unbranched alkanes of at least 4 members (excludes halogenated alkanes) is 4. The van der Waals surface area contributed by atoms with Gasteiger partial charge in [0.1, 0.15) is 0 Å². The fourth-order valence-electron chi connectivity index (χ4n) is 4.19. The van der Waals surface area contributed by atoms with Crippen molar-refractivity contribution in [2.45, 2.75) is 96.9 Å². The van der Waals surface area contributed by atoms with Crippen LogP contribution in [0.1, 0.15) is 90.9 Å². The molecule has 0 aromatic heterocycles. The maximum absolute atomic E-state index is 3.34. The van der Waals surface area contributed by atoms with Crippen LogP contribution >= 0.6 is 0 Å². The van der Waals surface area contributed by atoms with Gasteiger partial charge >= 0.3 is 0 Å². The molecule has 0 radical (unpaired) electrons. The second-order valence-electron chi connectivity index (χ2n) is 9.79. The molecule has 0 unspecified atom stereocenters. The average molecular weight is 462 g/mol. The van der Waals surface area contributed by atoms with Gasteiger partial charge in [0.2, 0.25) is 0 Å². The molecule has 0 amide bonds. The van der Waals surface area contributed by atoms with Gasteiger partial charge in [-0.2, -0.15) is 0 Å². The smallest absolute Gasteiger partial charge is 0.0612 e. The maximum atomic E-state index is 3.34. The van der Waals surface area contributed by atoms with E-state index in [0.29, 0.717) is 6.04 Å². The first-order chi connectivity index (χ1) is 16.8. The molecule has 3 heteroatoms. The van der Waals surface area contributed by atoms with E-state index in [4.69, 9.17) is 0 Å². The van der Waals surface area contributed by atoms with Gasteiger partial charge in [0.05, 0.1) is 26.2 Å². The number of piperidine rings is 2. The summed E-state index contributed by atoms with van der Waals surface area (Å²) in [5.41, 5.74) is 0. The van der Waals surface area contributed by atoms with Crippen LogP contribution in [-0.4, -0.2) is 73.1 Å². The average Bonchev–Trinajstić information content (AvgIpc) is 2.86. The Bertz CT molecular complexity index is 707. The maximum Gasteiger partial charge on any atom is 0.0612 e. The monoisotopic (exact) mass is 461 g/mol. The summed E-state index contributed by atoms with van der Waals surface area (Å²) in [6.45, 7) is 12.8. The minimum Gasteiger partial charge on any atom is -0.292 e. The van der Waals surface area contributed by atoms with E-state index in [1.54, 1.807) is 0 Å². The number of hydrogen-bond donors (Lipinski definition) is 0. The van der Waals surface area contributed by atoms with Crippen LogP contribution in [0, 0.1) is 47.4 Å². The van der Waals surface area contributed by atoms with Crippen LogP contribution < -0.4 is 0 Å². The van der Waals surface area contributed by atoms with Gasteiger partial charge in [0.15, 0.2) is 0 Å². The lowest BCUT2D eigenvalue weighted by Gasteiger charge is -2.23. The van der Waals surface area contributed by atoms with Gasteiger partial charge in [0.25, 0.3) is 0 Å². The van der Waals surface area contributed by atoms with Gasteiger partial charge < -0.3 is 0 Å². The molecule has 2 fully saturated rings. The van der Waals surface area contributed by atoms with Crippen LogP contribution in [0.25, 0.3) is 0 Å². The molecule has 34 heavy (non-hydrogen) atoms. The molecular weight excluding hydrogens is 414 g/mol. The fraction of sp³-hybridized carbons (Fsp3) is 0.742. The van der Waals surface area contributed by atoms with E-state index in [1.807, 2.05) is 0 Å². The summed E-state index contributed by atoms with van der Waals surface area (Å²) < 4.78 is 0. The molecule has 2 aliphatic heterocycles. The first kappa shape index (κ1) is 28.4. The Kier molecular flexibility index (Phi) is 16.2. The quantitative estimate of drug-likeness (QED) is 0.352. The van der Waals surface area contributed by atoms with Gasteiger partial charge in [-0.05, 0) is 78.6 Å². The molecule has 0 aromatic carbocycles. The Hall–Kier alpha value is -1.88. The summed E-state index contributed by atoms with van der Waals surface area (Å²) in [4.78, 5) is 7.30. The van der Waals surface area contributed by atoms with Gasteiger partial charge in [-0.3, -0.25) is 14.7 Å². The number of likely N-dealkylation sites (tertiary alicyclic amines) is 2. The largest absolute Gasteiger partial charge is 0.292 e. The van der Waals surface area contributed by atoms with E-state index in [2.05, 4.69) is 75.9 Å². The van der Waals surface area contributed by atoms with Crippen molar-refractivity contribution in [1.82, 2.24) is 14.7 Å². The van der Waals surface area contributed by atoms with E-state index in [0.717, 1.165) is 64.7 Å². The van der Waals surface area contributed by atoms with Crippen LogP contribution in [0.5, 0.6) is 0 Å². The molecule has 0 saturated carbocycles. The summed E-state index contributed by atoms with van der Waals surface area (Å²) in [6.07, 6.45) is 14.1. The molecule has 186 valence electrons. The Labute approximate surface area is 211 Å². The van der Waals surface area contributed by atoms with E-state index >= 15 is 0 Å². The molecular formula is C31H47N3. The van der Waals surface area contributed by atoms with Crippen LogP contribution in [0.4, 0.5) is 0 Å². The van der Waals surface area contributed by atoms with Crippen LogP contribution in [-0.2, 0) is 0 Å². The van der Waals surface area contributed by atoms with Crippen molar-refractivity contribution < 1.29 is 0 Å². The Balaban J connectivity index is 1.50. The Morgan fingerprint density at radius 2 is 0.912 bits per heavy atom. The number of nitrogens with zero attached hydrogens (tertiary/aromatic N) is 3. The van der Waals surface area contributed by atoms with Crippen molar-refractivity contribution in [2.75, 3.05) is 52.4 Å². The van der Waals surface area contributed by atoms with E-state index in [9.17, 15) is 0 Å². The molecule has 0 atom stereocenters. The summed E-state index contributed by atoms with van der Waals surface area (Å²) in [7, 11) is 0. The van der Waals surface area contributed by atoms with Gasteiger partial charge in [-0.1, -0.05) is 36.5 Å². The van der Waals surface area contributed by atoms with Crippen molar-refractivity contribution in [3.8, 4) is 47.4 Å². The van der Waals surface area contributed by atoms with Crippen molar-refractivity contribution in [3.63, 3.8) is 0 Å². The normalized spacial score (nSPS) is 16.5. The van der Waals surface area contributed by atoms with Gasteiger partial charge in [0, 0.05) is 31.7 Å². The highest BCUT2D eigenvalue weighted by atomic mass is 15.1. The van der Waals surface area contributed by atoms with Gasteiger partial charge in [-0.25, -0.2) is 0 Å². The molecule has 2 aliphatic rings. The van der Waals surface area contributed by atoms with Crippen LogP contribution in [0.2, 0.25) is 0 Å². The van der Waals surface area contributed by atoms with Crippen molar-refractivity contribution >= 4 is 0 Å². The van der Waals surface area contributed by atoms with Gasteiger partial charge in [-0.15, -0.1) is 23.7 Å². The minimum atomic E-state index is 0.463. The third kappa shape index (κ3) is 14.4. The highest BCUT2D eigenvalue weighted by molar-refractivity contribution is 5.08. The van der Waals surface area contributed by atoms with Crippen molar-refractivity contribution in [1.29, 1.82) is 0 Å². The summed E-state index contributed by atoms with van der Waals surface area (Å²) in [6, 6.07) is 0.463. The second-order valence-corrected chi connectivity index (χ2v) is 9.79. The first-order valence-corrected chi connectivity index (χ1v) is 13.8. The molecule has 2 saturated heterocycles.